The first-order valence-corrected chi connectivity index (χ1v) is 9.57. The highest BCUT2D eigenvalue weighted by Crippen LogP contribution is 2.24. The monoisotopic (exact) mass is 335 g/mol. The zero-order chi connectivity index (χ0) is 18.2. The average molecular weight is 336 g/mol. The molecule has 2 rings (SSSR count). The van der Waals surface area contributed by atoms with Crippen molar-refractivity contribution in [2.45, 2.75) is 59.4 Å². The lowest BCUT2D eigenvalue weighted by Crippen LogP contribution is -2.09. The van der Waals surface area contributed by atoms with Crippen molar-refractivity contribution < 1.29 is 0 Å². The molecule has 1 N–H and O–H groups in total. The van der Waals surface area contributed by atoms with Crippen LogP contribution in [0.5, 0.6) is 0 Å². The third-order valence-corrected chi connectivity index (χ3v) is 5.13. The van der Waals surface area contributed by atoms with Crippen molar-refractivity contribution in [1.29, 1.82) is 0 Å². The van der Waals surface area contributed by atoms with E-state index in [-0.39, 0.29) is 0 Å². The summed E-state index contributed by atoms with van der Waals surface area (Å²) in [5.41, 5.74) is 6.58. The minimum Gasteiger partial charge on any atom is -0.378 e. The molecule has 2 unspecified atom stereocenters. The minimum absolute atomic E-state index is 0.361. The van der Waals surface area contributed by atoms with Gasteiger partial charge in [0.05, 0.1) is 6.04 Å². The Balaban J connectivity index is 1.92. The Morgan fingerprint density at radius 2 is 1.68 bits per heavy atom. The third kappa shape index (κ3) is 6.08. The van der Waals surface area contributed by atoms with Crippen molar-refractivity contribution in [2.75, 3.05) is 5.32 Å². The maximum absolute atomic E-state index is 4.05. The molecular weight excluding hydrogens is 302 g/mol. The van der Waals surface area contributed by atoms with E-state index in [1.165, 1.54) is 40.8 Å². The highest BCUT2D eigenvalue weighted by molar-refractivity contribution is 5.46. The second-order valence-corrected chi connectivity index (χ2v) is 7.35. The van der Waals surface area contributed by atoms with Crippen LogP contribution in [0.25, 0.3) is 0 Å². The number of anilines is 1. The summed E-state index contributed by atoms with van der Waals surface area (Å²) in [6, 6.07) is 18.2. The van der Waals surface area contributed by atoms with Gasteiger partial charge in [0.25, 0.3) is 0 Å². The van der Waals surface area contributed by atoms with E-state index in [1.807, 2.05) is 0 Å². The summed E-state index contributed by atoms with van der Waals surface area (Å²) in [4.78, 5) is 0. The molecule has 0 aliphatic rings. The number of nitrogens with one attached hydrogen (secondary N) is 1. The fourth-order valence-electron chi connectivity index (χ4n) is 3.05. The molecule has 0 amide bonds. The van der Waals surface area contributed by atoms with Crippen LogP contribution in [-0.2, 0) is 6.42 Å². The maximum Gasteiger partial charge on any atom is 0.0511 e. The molecule has 0 heterocycles. The minimum atomic E-state index is 0.361. The molecule has 25 heavy (non-hydrogen) atoms. The summed E-state index contributed by atoms with van der Waals surface area (Å²) in [5, 5.41) is 3.65. The number of hydrogen-bond donors (Lipinski definition) is 1. The molecule has 1 nitrogen and oxygen atoms in total. The number of benzene rings is 2. The summed E-state index contributed by atoms with van der Waals surface area (Å²) in [5.74, 6) is 0.627. The topological polar surface area (TPSA) is 12.0 Å². The highest BCUT2D eigenvalue weighted by atomic mass is 14.9. The molecule has 0 spiro atoms. The second-order valence-electron chi connectivity index (χ2n) is 7.35. The van der Waals surface area contributed by atoms with Crippen LogP contribution in [0.15, 0.2) is 60.7 Å². The van der Waals surface area contributed by atoms with Crippen LogP contribution in [-0.4, -0.2) is 0 Å². The van der Waals surface area contributed by atoms with Crippen LogP contribution in [0, 0.1) is 12.8 Å². The van der Waals surface area contributed by atoms with Gasteiger partial charge in [-0.25, -0.2) is 0 Å². The Bertz CT molecular complexity index is 651. The van der Waals surface area contributed by atoms with Crippen LogP contribution in [0.3, 0.4) is 0 Å². The Morgan fingerprint density at radius 3 is 2.24 bits per heavy atom. The van der Waals surface area contributed by atoms with Crippen molar-refractivity contribution in [1.82, 2.24) is 0 Å². The van der Waals surface area contributed by atoms with Gasteiger partial charge in [0.2, 0.25) is 0 Å². The molecule has 0 aliphatic heterocycles. The molecular formula is C24H33N. The Hall–Kier alpha value is -2.02. The molecule has 0 fully saturated rings. The average Bonchev–Trinajstić information content (AvgIpc) is 2.62. The molecule has 134 valence electrons. The van der Waals surface area contributed by atoms with Crippen molar-refractivity contribution in [3.8, 4) is 0 Å². The SMILES string of the molecule is C=C(C)C(C)CCCc1ccc(C(CC)Nc2ccc(C)cc2)cc1. The van der Waals surface area contributed by atoms with Gasteiger partial charge in [-0.1, -0.05) is 68.0 Å². The lowest BCUT2D eigenvalue weighted by atomic mass is 9.95. The van der Waals surface area contributed by atoms with E-state index in [9.17, 15) is 0 Å². The molecule has 0 saturated heterocycles. The molecule has 0 bridgehead atoms. The van der Waals surface area contributed by atoms with Gasteiger partial charge >= 0.3 is 0 Å². The van der Waals surface area contributed by atoms with Gasteiger partial charge in [-0.05, 0) is 68.7 Å². The molecule has 2 aromatic rings. The van der Waals surface area contributed by atoms with E-state index in [0.717, 1.165) is 12.8 Å². The zero-order valence-corrected chi connectivity index (χ0v) is 16.3. The standard InChI is InChI=1S/C24H33N/c1-6-24(25-23-16-10-19(4)11-17-23)22-14-12-21(13-15-22)9-7-8-20(5)18(2)3/h10-17,20,24-25H,2,6-9H2,1,3-5H3. The smallest absolute Gasteiger partial charge is 0.0511 e. The van der Waals surface area contributed by atoms with E-state index in [4.69, 9.17) is 0 Å². The van der Waals surface area contributed by atoms with Gasteiger partial charge in [-0.2, -0.15) is 0 Å². The molecule has 1 heteroatoms. The Labute approximate surface area is 154 Å². The van der Waals surface area contributed by atoms with Crippen molar-refractivity contribution in [2.24, 2.45) is 5.92 Å². The molecule has 0 saturated carbocycles. The fraction of sp³-hybridized carbons (Fsp3) is 0.417. The Morgan fingerprint density at radius 1 is 1.04 bits per heavy atom. The van der Waals surface area contributed by atoms with E-state index < -0.39 is 0 Å². The van der Waals surface area contributed by atoms with Crippen LogP contribution >= 0.6 is 0 Å². The summed E-state index contributed by atoms with van der Waals surface area (Å²) in [6.45, 7) is 12.8. The van der Waals surface area contributed by atoms with Crippen molar-refractivity contribution >= 4 is 5.69 Å². The number of allylic oxidation sites excluding steroid dienone is 1. The molecule has 0 aliphatic carbocycles. The van der Waals surface area contributed by atoms with Gasteiger partial charge in [0.15, 0.2) is 0 Å². The summed E-state index contributed by atoms with van der Waals surface area (Å²) >= 11 is 0. The zero-order valence-electron chi connectivity index (χ0n) is 16.3. The normalized spacial score (nSPS) is 13.3. The van der Waals surface area contributed by atoms with Crippen LogP contribution in [0.1, 0.15) is 62.8 Å². The van der Waals surface area contributed by atoms with E-state index in [1.54, 1.807) is 0 Å². The largest absolute Gasteiger partial charge is 0.378 e. The van der Waals surface area contributed by atoms with Gasteiger partial charge < -0.3 is 5.32 Å². The lowest BCUT2D eigenvalue weighted by Gasteiger charge is -2.19. The predicted octanol–water partition coefficient (Wildman–Crippen LogP) is 7.09. The number of rotatable bonds is 9. The molecule has 2 aromatic carbocycles. The first-order chi connectivity index (χ1) is 12.0. The fourth-order valence-corrected chi connectivity index (χ4v) is 3.05. The first-order valence-electron chi connectivity index (χ1n) is 9.57. The van der Waals surface area contributed by atoms with Crippen LogP contribution < -0.4 is 5.32 Å². The first kappa shape index (κ1) is 19.3. The van der Waals surface area contributed by atoms with Gasteiger partial charge in [0, 0.05) is 5.69 Å². The van der Waals surface area contributed by atoms with Gasteiger partial charge in [-0.15, -0.1) is 0 Å². The molecule has 0 radical (unpaired) electrons. The van der Waals surface area contributed by atoms with Gasteiger partial charge in [0.1, 0.15) is 0 Å². The maximum atomic E-state index is 4.05. The predicted molar refractivity (Wildman–Crippen MR) is 111 cm³/mol. The van der Waals surface area contributed by atoms with Gasteiger partial charge in [-0.3, -0.25) is 0 Å². The number of hydrogen-bond acceptors (Lipinski definition) is 1. The van der Waals surface area contributed by atoms with E-state index in [2.05, 4.69) is 88.1 Å². The third-order valence-electron chi connectivity index (χ3n) is 5.13. The summed E-state index contributed by atoms with van der Waals surface area (Å²) in [7, 11) is 0. The van der Waals surface area contributed by atoms with Crippen LogP contribution in [0.2, 0.25) is 0 Å². The molecule has 2 atom stereocenters. The van der Waals surface area contributed by atoms with Crippen LogP contribution in [0.4, 0.5) is 5.69 Å². The van der Waals surface area contributed by atoms with Crippen molar-refractivity contribution in [3.05, 3.63) is 77.4 Å². The highest BCUT2D eigenvalue weighted by Gasteiger charge is 2.09. The summed E-state index contributed by atoms with van der Waals surface area (Å²) in [6.07, 6.45) is 4.68. The Kier molecular flexibility index (Phi) is 7.31. The summed E-state index contributed by atoms with van der Waals surface area (Å²) < 4.78 is 0. The van der Waals surface area contributed by atoms with Crippen molar-refractivity contribution in [3.63, 3.8) is 0 Å². The van der Waals surface area contributed by atoms with E-state index >= 15 is 0 Å². The second kappa shape index (κ2) is 9.46. The molecule has 0 aromatic heterocycles. The van der Waals surface area contributed by atoms with E-state index in [0.29, 0.717) is 12.0 Å². The lowest BCUT2D eigenvalue weighted by molar-refractivity contribution is 0.580. The number of aryl methyl sites for hydroxylation is 2. The quantitative estimate of drug-likeness (QED) is 0.482.